The smallest absolute Gasteiger partial charge is 0.494 e. The van der Waals surface area contributed by atoms with Gasteiger partial charge in [0.2, 0.25) is 0 Å². The number of phenolic OH excluding ortho intramolecular Hbond substituents is 1. The Balaban J connectivity index is 2.20. The van der Waals surface area contributed by atoms with Gasteiger partial charge in [-0.3, -0.25) is 4.79 Å². The molecular formula is C15H21BO5. The third-order valence-electron chi connectivity index (χ3n) is 4.20. The molecule has 0 atom stereocenters. The summed E-state index contributed by atoms with van der Waals surface area (Å²) in [5.41, 5.74) is 0.373. The van der Waals surface area contributed by atoms with Gasteiger partial charge in [-0.05, 0) is 39.2 Å². The Morgan fingerprint density at radius 2 is 1.81 bits per heavy atom. The molecule has 0 saturated carbocycles. The molecule has 0 aromatic heterocycles. The zero-order valence-electron chi connectivity index (χ0n) is 13.1. The van der Waals surface area contributed by atoms with Crippen molar-refractivity contribution in [3.8, 4) is 5.75 Å². The van der Waals surface area contributed by atoms with Crippen LogP contribution in [0.4, 0.5) is 0 Å². The molecule has 0 spiro atoms. The van der Waals surface area contributed by atoms with Crippen molar-refractivity contribution < 1.29 is 23.9 Å². The highest BCUT2D eigenvalue weighted by Gasteiger charge is 2.51. The van der Waals surface area contributed by atoms with Crippen molar-refractivity contribution in [2.45, 2.75) is 45.3 Å². The number of rotatable bonds is 3. The van der Waals surface area contributed by atoms with Crippen LogP contribution in [0.3, 0.4) is 0 Å². The number of benzene rings is 1. The Hall–Kier alpha value is -1.53. The van der Waals surface area contributed by atoms with E-state index in [9.17, 15) is 9.90 Å². The predicted octanol–water partition coefficient (Wildman–Crippen LogP) is 1.41. The fourth-order valence-corrected chi connectivity index (χ4v) is 2.08. The molecule has 1 N–H and O–H groups in total. The summed E-state index contributed by atoms with van der Waals surface area (Å²) in [5, 5.41) is 10.0. The summed E-state index contributed by atoms with van der Waals surface area (Å²) in [7, 11) is 0.783. The lowest BCUT2D eigenvalue weighted by molar-refractivity contribution is -0.139. The van der Waals surface area contributed by atoms with Crippen molar-refractivity contribution in [3.63, 3.8) is 0 Å². The lowest BCUT2D eigenvalue weighted by atomic mass is 9.78. The molecule has 0 amide bonds. The molecule has 21 heavy (non-hydrogen) atoms. The van der Waals surface area contributed by atoms with Gasteiger partial charge in [0, 0.05) is 5.56 Å². The fourth-order valence-electron chi connectivity index (χ4n) is 2.08. The molecule has 0 bridgehead atoms. The number of esters is 1. The van der Waals surface area contributed by atoms with Gasteiger partial charge < -0.3 is 19.2 Å². The highest BCUT2D eigenvalue weighted by atomic mass is 16.7. The zero-order valence-corrected chi connectivity index (χ0v) is 13.1. The van der Waals surface area contributed by atoms with Gasteiger partial charge in [-0.1, -0.05) is 12.1 Å². The van der Waals surface area contributed by atoms with E-state index < -0.39 is 24.3 Å². The number of aromatic hydroxyl groups is 1. The van der Waals surface area contributed by atoms with Crippen LogP contribution in [0.15, 0.2) is 18.2 Å². The Labute approximate surface area is 125 Å². The fraction of sp³-hybridized carbons (Fsp3) is 0.533. The monoisotopic (exact) mass is 292 g/mol. The van der Waals surface area contributed by atoms with E-state index in [1.54, 1.807) is 18.2 Å². The van der Waals surface area contributed by atoms with E-state index >= 15 is 0 Å². The van der Waals surface area contributed by atoms with Gasteiger partial charge >= 0.3 is 13.1 Å². The average Bonchev–Trinajstić information content (AvgIpc) is 2.60. The van der Waals surface area contributed by atoms with E-state index in [4.69, 9.17) is 9.31 Å². The maximum Gasteiger partial charge on any atom is 0.494 e. The first-order valence-corrected chi connectivity index (χ1v) is 6.90. The SMILES string of the molecule is COC(=O)Cc1ccc(B2OC(C)(C)C(C)(C)O2)cc1O. The number of hydrogen-bond acceptors (Lipinski definition) is 5. The molecule has 1 aliphatic rings. The summed E-state index contributed by atoms with van der Waals surface area (Å²) in [5.74, 6) is -0.360. The lowest BCUT2D eigenvalue weighted by Gasteiger charge is -2.32. The van der Waals surface area contributed by atoms with Gasteiger partial charge in [-0.2, -0.15) is 0 Å². The Morgan fingerprint density at radius 1 is 1.24 bits per heavy atom. The first kappa shape index (κ1) is 15.9. The minimum atomic E-state index is -0.534. The number of hydrogen-bond donors (Lipinski definition) is 1. The minimum Gasteiger partial charge on any atom is -0.508 e. The number of methoxy groups -OCH3 is 1. The van der Waals surface area contributed by atoms with E-state index in [0.717, 1.165) is 5.46 Å². The summed E-state index contributed by atoms with van der Waals surface area (Å²) in [6, 6.07) is 5.05. The standard InChI is InChI=1S/C15H21BO5/c1-14(2)15(3,4)21-16(20-14)11-7-6-10(12(17)9-11)8-13(18)19-5/h6-7,9,17H,8H2,1-5H3. The van der Waals surface area contributed by atoms with Crippen molar-refractivity contribution in [2.75, 3.05) is 7.11 Å². The molecule has 0 aliphatic carbocycles. The zero-order chi connectivity index (χ0) is 15.8. The van der Waals surface area contributed by atoms with Crippen LogP contribution >= 0.6 is 0 Å². The average molecular weight is 292 g/mol. The molecule has 1 saturated heterocycles. The summed E-state index contributed by atoms with van der Waals surface area (Å²) < 4.78 is 16.4. The van der Waals surface area contributed by atoms with Crippen molar-refractivity contribution in [1.82, 2.24) is 0 Å². The van der Waals surface area contributed by atoms with Gasteiger partial charge in [0.1, 0.15) is 5.75 Å². The lowest BCUT2D eigenvalue weighted by Crippen LogP contribution is -2.41. The van der Waals surface area contributed by atoms with Crippen LogP contribution in [0.5, 0.6) is 5.75 Å². The molecule has 0 unspecified atom stereocenters. The van der Waals surface area contributed by atoms with Crippen molar-refractivity contribution in [2.24, 2.45) is 0 Å². The van der Waals surface area contributed by atoms with Crippen molar-refractivity contribution in [3.05, 3.63) is 23.8 Å². The van der Waals surface area contributed by atoms with Gasteiger partial charge in [0.05, 0.1) is 24.7 Å². The van der Waals surface area contributed by atoms with Gasteiger partial charge in [0.15, 0.2) is 0 Å². The topological polar surface area (TPSA) is 65.0 Å². The van der Waals surface area contributed by atoms with Crippen molar-refractivity contribution >= 4 is 18.6 Å². The van der Waals surface area contributed by atoms with Gasteiger partial charge in [-0.25, -0.2) is 0 Å². The molecule has 6 heteroatoms. The quantitative estimate of drug-likeness (QED) is 0.674. The maximum atomic E-state index is 11.3. The third kappa shape index (κ3) is 3.06. The molecule has 1 heterocycles. The summed E-state index contributed by atoms with van der Waals surface area (Å²) in [6.45, 7) is 7.88. The summed E-state index contributed by atoms with van der Waals surface area (Å²) in [6.07, 6.45) is 0.0337. The van der Waals surface area contributed by atoms with Gasteiger partial charge in [-0.15, -0.1) is 0 Å². The second-order valence-corrected chi connectivity index (χ2v) is 6.23. The van der Waals surface area contributed by atoms with Crippen LogP contribution in [-0.4, -0.2) is 36.5 Å². The van der Waals surface area contributed by atoms with E-state index in [1.807, 2.05) is 27.7 Å². The van der Waals surface area contributed by atoms with Crippen LogP contribution in [0.1, 0.15) is 33.3 Å². The largest absolute Gasteiger partial charge is 0.508 e. The molecule has 0 radical (unpaired) electrons. The Morgan fingerprint density at radius 3 is 2.29 bits per heavy atom. The van der Waals surface area contributed by atoms with Crippen molar-refractivity contribution in [1.29, 1.82) is 0 Å². The number of carbonyl (C=O) groups excluding carboxylic acids is 1. The van der Waals surface area contributed by atoms with E-state index in [2.05, 4.69) is 4.74 Å². The molecule has 1 aromatic rings. The number of ether oxygens (including phenoxy) is 1. The van der Waals surface area contributed by atoms with Crippen LogP contribution < -0.4 is 5.46 Å². The Kier molecular flexibility index (Phi) is 4.04. The first-order valence-electron chi connectivity index (χ1n) is 6.90. The van der Waals surface area contributed by atoms with Crippen LogP contribution in [0.25, 0.3) is 0 Å². The molecule has 1 aromatic carbocycles. The maximum absolute atomic E-state index is 11.3. The molecule has 114 valence electrons. The third-order valence-corrected chi connectivity index (χ3v) is 4.20. The normalized spacial score (nSPS) is 19.6. The molecule has 1 aliphatic heterocycles. The van der Waals surface area contributed by atoms with E-state index in [1.165, 1.54) is 7.11 Å². The van der Waals surface area contributed by atoms with E-state index in [-0.39, 0.29) is 12.2 Å². The summed E-state index contributed by atoms with van der Waals surface area (Å²) >= 11 is 0. The molecule has 2 rings (SSSR count). The molecule has 5 nitrogen and oxygen atoms in total. The first-order chi connectivity index (χ1) is 9.66. The predicted molar refractivity (Wildman–Crippen MR) is 79.5 cm³/mol. The summed E-state index contributed by atoms with van der Waals surface area (Å²) in [4.78, 5) is 11.3. The van der Waals surface area contributed by atoms with Crippen LogP contribution in [-0.2, 0) is 25.3 Å². The van der Waals surface area contributed by atoms with E-state index in [0.29, 0.717) is 5.56 Å². The second kappa shape index (κ2) is 5.35. The minimum absolute atomic E-state index is 0.0337. The number of phenols is 1. The Bertz CT molecular complexity index is 537. The van der Waals surface area contributed by atoms with Crippen LogP contribution in [0.2, 0.25) is 0 Å². The highest BCUT2D eigenvalue weighted by molar-refractivity contribution is 6.62. The number of carbonyl (C=O) groups is 1. The second-order valence-electron chi connectivity index (χ2n) is 6.23. The van der Waals surface area contributed by atoms with Crippen LogP contribution in [0, 0.1) is 0 Å². The van der Waals surface area contributed by atoms with Gasteiger partial charge in [0.25, 0.3) is 0 Å². The molecule has 1 fully saturated rings. The molecular weight excluding hydrogens is 271 g/mol. The highest BCUT2D eigenvalue weighted by Crippen LogP contribution is 2.36.